The lowest BCUT2D eigenvalue weighted by Gasteiger charge is -2.39. The van der Waals surface area contributed by atoms with Crippen LogP contribution in [0.25, 0.3) is 0 Å². The smallest absolute Gasteiger partial charge is 0.260 e. The van der Waals surface area contributed by atoms with E-state index in [4.69, 9.17) is 0 Å². The van der Waals surface area contributed by atoms with Crippen LogP contribution in [0.2, 0.25) is 0 Å². The van der Waals surface area contributed by atoms with Gasteiger partial charge in [0.1, 0.15) is 0 Å². The van der Waals surface area contributed by atoms with E-state index in [1.165, 1.54) is 33.6 Å². The Balaban J connectivity index is 1.39. The van der Waals surface area contributed by atoms with E-state index >= 15 is 0 Å². The first-order valence-electron chi connectivity index (χ1n) is 10.5. The van der Waals surface area contributed by atoms with Crippen molar-refractivity contribution in [2.75, 3.05) is 44.2 Å². The van der Waals surface area contributed by atoms with Crippen molar-refractivity contribution in [2.45, 2.75) is 31.7 Å². The second-order valence-corrected chi connectivity index (χ2v) is 10.1. The number of anilines is 1. The number of H-pyrrole nitrogens is 1. The first-order valence-corrected chi connectivity index (χ1v) is 11.9. The highest BCUT2D eigenvalue weighted by Gasteiger charge is 2.36. The minimum Gasteiger partial charge on any atom is -0.368 e. The second-order valence-electron chi connectivity index (χ2n) is 8.22. The summed E-state index contributed by atoms with van der Waals surface area (Å²) >= 11 is 0. The molecule has 1 unspecified atom stereocenters. The maximum Gasteiger partial charge on any atom is 0.260 e. The van der Waals surface area contributed by atoms with Gasteiger partial charge in [0.2, 0.25) is 5.91 Å². The molecule has 8 nitrogen and oxygen atoms in total. The highest BCUT2D eigenvalue weighted by Crippen LogP contribution is 2.26. The number of nitrogens with zero attached hydrogens (tertiary/aromatic N) is 4. The van der Waals surface area contributed by atoms with Gasteiger partial charge in [-0.1, -0.05) is 12.1 Å². The predicted molar refractivity (Wildman–Crippen MR) is 115 cm³/mol. The fraction of sp³-hybridized carbons (Fsp3) is 0.524. The summed E-state index contributed by atoms with van der Waals surface area (Å²) in [6.07, 6.45) is 4.08. The molecule has 0 radical (unpaired) electrons. The molecule has 2 aromatic rings. The largest absolute Gasteiger partial charge is 0.368 e. The molecule has 0 saturated carbocycles. The molecule has 1 N–H and O–H groups in total. The fourth-order valence-corrected chi connectivity index (χ4v) is 5.79. The molecule has 30 heavy (non-hydrogen) atoms. The number of nitrogens with one attached hydrogen (secondary N) is 1. The molecule has 9 heteroatoms. The van der Waals surface area contributed by atoms with Crippen LogP contribution in [0.3, 0.4) is 0 Å². The molecule has 0 aliphatic carbocycles. The number of rotatable bonds is 4. The van der Waals surface area contributed by atoms with E-state index < -0.39 is 10.0 Å². The minimum atomic E-state index is -3.63. The number of hydrogen-bond donors (Lipinski definition) is 1. The summed E-state index contributed by atoms with van der Waals surface area (Å²) in [4.78, 5) is 23.9. The molecule has 2 saturated heterocycles. The van der Waals surface area contributed by atoms with Crippen molar-refractivity contribution in [3.05, 3.63) is 41.9 Å². The molecule has 1 amide bonds. The molecule has 0 bridgehead atoms. The van der Waals surface area contributed by atoms with E-state index in [2.05, 4.69) is 46.9 Å². The number of aromatic amines is 1. The van der Waals surface area contributed by atoms with Crippen LogP contribution < -0.4 is 4.90 Å². The van der Waals surface area contributed by atoms with Gasteiger partial charge < -0.3 is 14.8 Å². The average molecular weight is 432 g/mol. The predicted octanol–water partition coefficient (Wildman–Crippen LogP) is 1.78. The summed E-state index contributed by atoms with van der Waals surface area (Å²) in [5.74, 6) is -0.219. The number of amides is 1. The topological polar surface area (TPSA) is 89.6 Å². The van der Waals surface area contributed by atoms with Gasteiger partial charge in [0.05, 0.1) is 18.4 Å². The second kappa shape index (κ2) is 8.39. The standard InChI is InChI=1S/C21H29N5O3S/c1-16-5-6-17(2)19(12-16)24-8-10-25(11-9-24)21(27)18-4-3-7-26(14-18)30(28,29)20-13-22-15-23-20/h5-6,12-13,15,18H,3-4,7-11,14H2,1-2H3,(H,22,23). The van der Waals surface area contributed by atoms with Crippen molar-refractivity contribution in [3.63, 3.8) is 0 Å². The molecule has 4 rings (SSSR count). The summed E-state index contributed by atoms with van der Waals surface area (Å²) in [6.45, 7) is 7.78. The number of aromatic nitrogens is 2. The van der Waals surface area contributed by atoms with Gasteiger partial charge in [-0.15, -0.1) is 0 Å². The lowest BCUT2D eigenvalue weighted by Crippen LogP contribution is -2.53. The Bertz CT molecular complexity index is 998. The van der Waals surface area contributed by atoms with Crippen LogP contribution in [0.15, 0.2) is 35.7 Å². The van der Waals surface area contributed by atoms with Crippen LogP contribution in [0.5, 0.6) is 0 Å². The molecular weight excluding hydrogens is 402 g/mol. The van der Waals surface area contributed by atoms with Crippen LogP contribution in [0.1, 0.15) is 24.0 Å². The summed E-state index contributed by atoms with van der Waals surface area (Å²) in [5, 5.41) is 0.0812. The molecule has 1 aromatic heterocycles. The van der Waals surface area contributed by atoms with Crippen molar-refractivity contribution < 1.29 is 13.2 Å². The number of carbonyl (C=O) groups excluding carboxylic acids is 1. The fourth-order valence-electron chi connectivity index (χ4n) is 4.37. The lowest BCUT2D eigenvalue weighted by atomic mass is 9.97. The maximum absolute atomic E-state index is 13.1. The van der Waals surface area contributed by atoms with Crippen molar-refractivity contribution in [1.29, 1.82) is 0 Å². The number of aryl methyl sites for hydroxylation is 2. The molecule has 3 heterocycles. The van der Waals surface area contributed by atoms with Gasteiger partial charge in [-0.05, 0) is 43.9 Å². The van der Waals surface area contributed by atoms with E-state index in [0.717, 1.165) is 19.5 Å². The van der Waals surface area contributed by atoms with Crippen molar-refractivity contribution in [1.82, 2.24) is 19.2 Å². The molecule has 162 valence electrons. The number of imidazole rings is 1. The average Bonchev–Trinajstić information content (AvgIpc) is 3.31. The van der Waals surface area contributed by atoms with E-state index in [9.17, 15) is 13.2 Å². The van der Waals surface area contributed by atoms with Crippen molar-refractivity contribution >= 4 is 21.6 Å². The minimum absolute atomic E-state index is 0.0696. The van der Waals surface area contributed by atoms with Crippen LogP contribution in [0, 0.1) is 19.8 Å². The summed E-state index contributed by atoms with van der Waals surface area (Å²) < 4.78 is 27.0. The van der Waals surface area contributed by atoms with Gasteiger partial charge >= 0.3 is 0 Å². The highest BCUT2D eigenvalue weighted by molar-refractivity contribution is 7.89. The third-order valence-electron chi connectivity index (χ3n) is 6.12. The van der Waals surface area contributed by atoms with Crippen LogP contribution in [-0.4, -0.2) is 72.8 Å². The van der Waals surface area contributed by atoms with E-state index in [1.54, 1.807) is 0 Å². The zero-order chi connectivity index (χ0) is 21.3. The van der Waals surface area contributed by atoms with E-state index in [-0.39, 0.29) is 23.4 Å². The highest BCUT2D eigenvalue weighted by atomic mass is 32.2. The number of piperidine rings is 1. The molecule has 1 atom stereocenters. The van der Waals surface area contributed by atoms with Gasteiger partial charge in [0.25, 0.3) is 10.0 Å². The third kappa shape index (κ3) is 4.09. The number of benzene rings is 1. The molecular formula is C21H29N5O3S. The maximum atomic E-state index is 13.1. The van der Waals surface area contributed by atoms with Gasteiger partial charge in [0.15, 0.2) is 5.03 Å². The monoisotopic (exact) mass is 431 g/mol. The number of sulfonamides is 1. The Kier molecular flexibility index (Phi) is 5.84. The Morgan fingerprint density at radius 2 is 1.90 bits per heavy atom. The van der Waals surface area contributed by atoms with Gasteiger partial charge in [-0.2, -0.15) is 4.31 Å². The molecule has 2 aliphatic rings. The van der Waals surface area contributed by atoms with Gasteiger partial charge in [-0.3, -0.25) is 4.79 Å². The zero-order valence-electron chi connectivity index (χ0n) is 17.5. The first-order chi connectivity index (χ1) is 14.4. The summed E-state index contributed by atoms with van der Waals surface area (Å²) in [7, 11) is -3.63. The van der Waals surface area contributed by atoms with Gasteiger partial charge in [0, 0.05) is 45.0 Å². The molecule has 2 aliphatic heterocycles. The number of piperazine rings is 1. The summed E-state index contributed by atoms with van der Waals surface area (Å²) in [6, 6.07) is 6.45. The molecule has 1 aromatic carbocycles. The molecule has 2 fully saturated rings. The normalized spacial score (nSPS) is 21.1. The SMILES string of the molecule is Cc1ccc(C)c(N2CCN(C(=O)C3CCCN(S(=O)(=O)c4cnc[nH]4)C3)CC2)c1. The Labute approximate surface area is 177 Å². The molecule has 0 spiro atoms. The number of carbonyl (C=O) groups is 1. The Morgan fingerprint density at radius 1 is 1.13 bits per heavy atom. The van der Waals surface area contributed by atoms with Gasteiger partial charge in [-0.25, -0.2) is 13.4 Å². The Morgan fingerprint density at radius 3 is 2.60 bits per heavy atom. The Hall–Kier alpha value is -2.39. The van der Waals surface area contributed by atoms with Crippen molar-refractivity contribution in [3.8, 4) is 0 Å². The van der Waals surface area contributed by atoms with E-state index in [0.29, 0.717) is 26.1 Å². The van der Waals surface area contributed by atoms with Crippen molar-refractivity contribution in [2.24, 2.45) is 5.92 Å². The first kappa shape index (κ1) is 20.9. The van der Waals surface area contributed by atoms with Crippen LogP contribution >= 0.6 is 0 Å². The quantitative estimate of drug-likeness (QED) is 0.797. The number of hydrogen-bond acceptors (Lipinski definition) is 5. The summed E-state index contributed by atoms with van der Waals surface area (Å²) in [5.41, 5.74) is 3.71. The van der Waals surface area contributed by atoms with Crippen LogP contribution in [0.4, 0.5) is 5.69 Å². The lowest BCUT2D eigenvalue weighted by molar-refractivity contribution is -0.137. The van der Waals surface area contributed by atoms with Crippen LogP contribution in [-0.2, 0) is 14.8 Å². The third-order valence-corrected chi connectivity index (χ3v) is 7.91. The zero-order valence-corrected chi connectivity index (χ0v) is 18.4. The van der Waals surface area contributed by atoms with E-state index in [1.807, 2.05) is 4.90 Å².